The number of aromatic nitrogens is 1. The number of halogens is 1. The summed E-state index contributed by atoms with van der Waals surface area (Å²) in [5, 5.41) is 2.45. The third-order valence-corrected chi connectivity index (χ3v) is 6.37. The number of ether oxygens (including phenoxy) is 1. The van der Waals surface area contributed by atoms with Crippen LogP contribution in [0, 0.1) is 6.92 Å². The number of hydrogen-bond donors (Lipinski definition) is 0. The Morgan fingerprint density at radius 3 is 1.94 bits per heavy atom. The maximum Gasteiger partial charge on any atom is 0.227 e. The number of nitrogens with zero attached hydrogens (tertiary/aromatic N) is 1. The van der Waals surface area contributed by atoms with Gasteiger partial charge >= 0.3 is 0 Å². The molecule has 0 saturated carbocycles. The molecule has 0 aliphatic heterocycles. The molecule has 3 heteroatoms. The number of fused-ring (bicyclic) bond motifs is 1. The Bertz CT molecular complexity index is 1400. The van der Waals surface area contributed by atoms with Crippen molar-refractivity contribution in [1.82, 2.24) is 0 Å². The summed E-state index contributed by atoms with van der Waals surface area (Å²) in [5.41, 5.74) is 7.05. The van der Waals surface area contributed by atoms with Gasteiger partial charge < -0.3 is 4.74 Å². The molecule has 0 aliphatic carbocycles. The van der Waals surface area contributed by atoms with Crippen LogP contribution in [0.3, 0.4) is 0 Å². The quantitative estimate of drug-likeness (QED) is 0.242. The minimum atomic E-state index is 0.848. The van der Waals surface area contributed by atoms with Crippen molar-refractivity contribution in [1.29, 1.82) is 0 Å². The van der Waals surface area contributed by atoms with Gasteiger partial charge in [-0.1, -0.05) is 64.5 Å². The largest absolute Gasteiger partial charge is 0.497 e. The zero-order valence-electron chi connectivity index (χ0n) is 18.0. The standard InChI is InChI=1S/C29H23BrNO/c1-20-26-18-13-23(30)19-27(26)28(21-9-5-3-6-10-21)29(22-11-7-4-8-12-22)31(20)24-14-16-25(32-2)17-15-24/h3-19H,1-2H3/q+1. The Kier molecular flexibility index (Phi) is 5.50. The van der Waals surface area contributed by atoms with Crippen LogP contribution in [0.15, 0.2) is 108 Å². The van der Waals surface area contributed by atoms with Crippen molar-refractivity contribution in [2.45, 2.75) is 6.92 Å². The van der Waals surface area contributed by atoms with Crippen molar-refractivity contribution in [2.75, 3.05) is 7.11 Å². The molecule has 0 N–H and O–H groups in total. The van der Waals surface area contributed by atoms with Crippen molar-refractivity contribution in [3.63, 3.8) is 0 Å². The van der Waals surface area contributed by atoms with E-state index in [0.717, 1.165) is 15.9 Å². The first kappa shape index (κ1) is 20.5. The lowest BCUT2D eigenvalue weighted by Gasteiger charge is -2.16. The Hall–Kier alpha value is -3.43. The monoisotopic (exact) mass is 480 g/mol. The van der Waals surface area contributed by atoms with Gasteiger partial charge in [0.05, 0.1) is 12.7 Å². The molecule has 32 heavy (non-hydrogen) atoms. The summed E-state index contributed by atoms with van der Waals surface area (Å²) in [6.07, 6.45) is 0. The van der Waals surface area contributed by atoms with Gasteiger partial charge in [0.2, 0.25) is 11.4 Å². The Labute approximate surface area is 196 Å². The second-order valence-corrected chi connectivity index (χ2v) is 8.68. The van der Waals surface area contributed by atoms with Gasteiger partial charge in [0, 0.05) is 39.9 Å². The lowest BCUT2D eigenvalue weighted by molar-refractivity contribution is -0.588. The predicted octanol–water partition coefficient (Wildman–Crippen LogP) is 7.53. The van der Waals surface area contributed by atoms with E-state index < -0.39 is 0 Å². The first-order valence-electron chi connectivity index (χ1n) is 10.6. The van der Waals surface area contributed by atoms with Crippen molar-refractivity contribution >= 4 is 26.7 Å². The van der Waals surface area contributed by atoms with E-state index >= 15 is 0 Å². The Morgan fingerprint density at radius 1 is 0.688 bits per heavy atom. The lowest BCUT2D eigenvalue weighted by Crippen LogP contribution is -2.38. The first-order chi connectivity index (χ1) is 15.7. The van der Waals surface area contributed by atoms with Gasteiger partial charge in [0.15, 0.2) is 5.69 Å². The second kappa shape index (κ2) is 8.60. The zero-order valence-corrected chi connectivity index (χ0v) is 19.6. The summed E-state index contributed by atoms with van der Waals surface area (Å²) in [7, 11) is 1.70. The van der Waals surface area contributed by atoms with Gasteiger partial charge in [-0.15, -0.1) is 0 Å². The fourth-order valence-electron chi connectivity index (χ4n) is 4.39. The average molecular weight is 481 g/mol. The zero-order chi connectivity index (χ0) is 22.1. The van der Waals surface area contributed by atoms with E-state index in [0.29, 0.717) is 0 Å². The maximum atomic E-state index is 5.41. The molecule has 0 fully saturated rings. The molecule has 0 bridgehead atoms. The minimum Gasteiger partial charge on any atom is -0.497 e. The van der Waals surface area contributed by atoms with Gasteiger partial charge in [-0.05, 0) is 48.0 Å². The fraction of sp³-hybridized carbons (Fsp3) is 0.0690. The third kappa shape index (κ3) is 3.59. The molecule has 0 spiro atoms. The van der Waals surface area contributed by atoms with Crippen LogP contribution in [0.4, 0.5) is 0 Å². The van der Waals surface area contributed by atoms with Crippen molar-refractivity contribution in [3.8, 4) is 33.8 Å². The molecular formula is C29H23BrNO+. The molecule has 1 aromatic heterocycles. The molecule has 0 amide bonds. The van der Waals surface area contributed by atoms with Crippen LogP contribution < -0.4 is 9.30 Å². The Morgan fingerprint density at radius 2 is 1.31 bits per heavy atom. The number of rotatable bonds is 4. The van der Waals surface area contributed by atoms with Crippen LogP contribution in [-0.4, -0.2) is 7.11 Å². The second-order valence-electron chi connectivity index (χ2n) is 7.76. The van der Waals surface area contributed by atoms with E-state index in [1.807, 2.05) is 12.1 Å². The van der Waals surface area contributed by atoms with E-state index in [-0.39, 0.29) is 0 Å². The molecule has 4 aromatic carbocycles. The fourth-order valence-corrected chi connectivity index (χ4v) is 4.75. The summed E-state index contributed by atoms with van der Waals surface area (Å²) < 4.78 is 8.85. The van der Waals surface area contributed by atoms with Crippen molar-refractivity contribution in [3.05, 3.63) is 113 Å². The molecular weight excluding hydrogens is 458 g/mol. The number of benzene rings is 4. The van der Waals surface area contributed by atoms with Crippen LogP contribution in [0.5, 0.6) is 5.75 Å². The molecule has 5 aromatic rings. The summed E-state index contributed by atoms with van der Waals surface area (Å²) in [6, 6.07) is 36.1. The number of hydrogen-bond acceptors (Lipinski definition) is 1. The normalized spacial score (nSPS) is 11.0. The van der Waals surface area contributed by atoms with Gasteiger partial charge in [0.1, 0.15) is 5.75 Å². The molecule has 0 unspecified atom stereocenters. The number of pyridine rings is 1. The van der Waals surface area contributed by atoms with Crippen molar-refractivity contribution in [2.24, 2.45) is 0 Å². The molecule has 5 rings (SSSR count). The van der Waals surface area contributed by atoms with E-state index in [1.165, 1.54) is 38.9 Å². The summed E-state index contributed by atoms with van der Waals surface area (Å²) in [5.74, 6) is 0.848. The predicted molar refractivity (Wildman–Crippen MR) is 135 cm³/mol. The van der Waals surface area contributed by atoms with Crippen LogP contribution in [0.1, 0.15) is 5.69 Å². The summed E-state index contributed by atoms with van der Waals surface area (Å²) in [4.78, 5) is 0. The van der Waals surface area contributed by atoms with Gasteiger partial charge in [-0.25, -0.2) is 0 Å². The minimum absolute atomic E-state index is 0.848. The SMILES string of the molecule is COc1ccc(-[n+]2c(-c3ccccc3)c(-c3ccccc3)c3cc(Br)ccc3c2C)cc1. The van der Waals surface area contributed by atoms with Crippen LogP contribution >= 0.6 is 15.9 Å². The van der Waals surface area contributed by atoms with Gasteiger partial charge in [0.25, 0.3) is 0 Å². The molecule has 0 radical (unpaired) electrons. The molecule has 156 valence electrons. The highest BCUT2D eigenvalue weighted by molar-refractivity contribution is 9.10. The summed E-state index contributed by atoms with van der Waals surface area (Å²) >= 11 is 3.70. The molecule has 0 atom stereocenters. The Balaban J connectivity index is 1.98. The summed E-state index contributed by atoms with van der Waals surface area (Å²) in [6.45, 7) is 2.20. The third-order valence-electron chi connectivity index (χ3n) is 5.88. The van der Waals surface area contributed by atoms with E-state index in [2.05, 4.69) is 118 Å². The number of aryl methyl sites for hydroxylation is 1. The van der Waals surface area contributed by atoms with Gasteiger partial charge in [-0.3, -0.25) is 0 Å². The molecule has 1 heterocycles. The lowest BCUT2D eigenvalue weighted by atomic mass is 9.92. The van der Waals surface area contributed by atoms with Crippen molar-refractivity contribution < 1.29 is 9.30 Å². The highest BCUT2D eigenvalue weighted by Crippen LogP contribution is 2.38. The van der Waals surface area contributed by atoms with Crippen LogP contribution in [0.25, 0.3) is 38.8 Å². The smallest absolute Gasteiger partial charge is 0.227 e. The molecule has 0 saturated heterocycles. The van der Waals surface area contributed by atoms with E-state index in [9.17, 15) is 0 Å². The highest BCUT2D eigenvalue weighted by atomic mass is 79.9. The topological polar surface area (TPSA) is 13.1 Å². The highest BCUT2D eigenvalue weighted by Gasteiger charge is 2.28. The van der Waals surface area contributed by atoms with E-state index in [4.69, 9.17) is 4.74 Å². The van der Waals surface area contributed by atoms with Crippen LogP contribution in [-0.2, 0) is 0 Å². The van der Waals surface area contributed by atoms with Gasteiger partial charge in [-0.2, -0.15) is 4.57 Å². The molecule has 0 aliphatic rings. The van der Waals surface area contributed by atoms with E-state index in [1.54, 1.807) is 7.11 Å². The maximum absolute atomic E-state index is 5.41. The van der Waals surface area contributed by atoms with Crippen LogP contribution in [0.2, 0.25) is 0 Å². The average Bonchev–Trinajstić information content (AvgIpc) is 2.85. The first-order valence-corrected chi connectivity index (χ1v) is 11.4. The molecule has 2 nitrogen and oxygen atoms in total. The number of methoxy groups -OCH3 is 1.